The summed E-state index contributed by atoms with van der Waals surface area (Å²) in [6.07, 6.45) is 5.57. The third-order valence-corrected chi connectivity index (χ3v) is 6.82. The van der Waals surface area contributed by atoms with E-state index < -0.39 is 5.97 Å². The van der Waals surface area contributed by atoms with Gasteiger partial charge in [-0.25, -0.2) is 0 Å². The number of hydrogen-bond acceptors (Lipinski definition) is 5. The molecule has 5 nitrogen and oxygen atoms in total. The van der Waals surface area contributed by atoms with Crippen molar-refractivity contribution in [2.24, 2.45) is 0 Å². The molecule has 1 saturated heterocycles. The summed E-state index contributed by atoms with van der Waals surface area (Å²) in [6, 6.07) is 6.99. The van der Waals surface area contributed by atoms with E-state index in [1.54, 1.807) is 0 Å². The van der Waals surface area contributed by atoms with Gasteiger partial charge >= 0.3 is 5.97 Å². The van der Waals surface area contributed by atoms with Gasteiger partial charge < -0.3 is 10.0 Å². The summed E-state index contributed by atoms with van der Waals surface area (Å²) < 4.78 is 0.304. The molecule has 7 heteroatoms. The Bertz CT molecular complexity index is 836. The van der Waals surface area contributed by atoms with E-state index in [9.17, 15) is 9.59 Å². The molecule has 0 radical (unpaired) electrons. The molecule has 1 aliphatic carbocycles. The largest absolute Gasteiger partial charge is 0.480 e. The van der Waals surface area contributed by atoms with Crippen molar-refractivity contribution in [3.8, 4) is 0 Å². The van der Waals surface area contributed by atoms with Gasteiger partial charge in [-0.15, -0.1) is 0 Å². The van der Waals surface area contributed by atoms with Gasteiger partial charge in [-0.05, 0) is 49.1 Å². The number of aliphatic carboxylic acids is 1. The van der Waals surface area contributed by atoms with Crippen molar-refractivity contribution in [3.63, 3.8) is 0 Å². The molecule has 2 unspecified atom stereocenters. The van der Waals surface area contributed by atoms with Crippen LogP contribution in [0.15, 0.2) is 23.1 Å². The number of thioether (sulfide) groups is 1. The lowest BCUT2D eigenvalue weighted by molar-refractivity contribution is -0.140. The van der Waals surface area contributed by atoms with Gasteiger partial charge in [0.2, 0.25) is 0 Å². The molecule has 1 N–H and O–H groups in total. The van der Waals surface area contributed by atoms with Gasteiger partial charge in [0.15, 0.2) is 0 Å². The molecule has 2 heterocycles. The second-order valence-corrected chi connectivity index (χ2v) is 8.55. The Morgan fingerprint density at radius 2 is 2.23 bits per heavy atom. The molecule has 26 heavy (non-hydrogen) atoms. The summed E-state index contributed by atoms with van der Waals surface area (Å²) in [5.41, 5.74) is 3.67. The predicted octanol–water partition coefficient (Wildman–Crippen LogP) is 3.45. The highest BCUT2D eigenvalue weighted by Crippen LogP contribution is 2.49. The van der Waals surface area contributed by atoms with Crippen LogP contribution in [0.25, 0.3) is 6.08 Å². The number of carbonyl (C=O) groups excluding carboxylic acids is 1. The highest BCUT2D eigenvalue weighted by Gasteiger charge is 2.40. The minimum Gasteiger partial charge on any atom is -0.480 e. The number of rotatable bonds is 4. The van der Waals surface area contributed by atoms with E-state index in [1.165, 1.54) is 42.3 Å². The highest BCUT2D eigenvalue weighted by atomic mass is 32.2. The third-order valence-electron chi connectivity index (χ3n) is 5.45. The zero-order valence-electron chi connectivity index (χ0n) is 14.5. The van der Waals surface area contributed by atoms with Crippen LogP contribution in [-0.2, 0) is 9.59 Å². The Labute approximate surface area is 162 Å². The van der Waals surface area contributed by atoms with Crippen molar-refractivity contribution in [1.29, 1.82) is 0 Å². The van der Waals surface area contributed by atoms with Crippen molar-refractivity contribution >= 4 is 51.9 Å². The smallest absolute Gasteiger partial charge is 0.323 e. The van der Waals surface area contributed by atoms with Gasteiger partial charge in [-0.3, -0.25) is 14.5 Å². The molecule has 1 amide bonds. The molecular weight excluding hydrogens is 368 g/mol. The lowest BCUT2D eigenvalue weighted by atomic mass is 9.96. The Kier molecular flexibility index (Phi) is 4.52. The molecule has 1 aromatic rings. The molecule has 0 spiro atoms. The van der Waals surface area contributed by atoms with Gasteiger partial charge in [-0.2, -0.15) is 0 Å². The summed E-state index contributed by atoms with van der Waals surface area (Å²) >= 11 is 6.33. The van der Waals surface area contributed by atoms with Crippen LogP contribution in [0.5, 0.6) is 0 Å². The number of hydrogen-bond donors (Lipinski definition) is 1. The standard InChI is InChI=1S/C19H20N2O3S2/c1-2-20-14-5-3-4-12(14)13-8-11(6-7-15(13)20)9-16-18(24)21(10-17(22)23)19(25)26-16/h6-9,12,14H,2-5,10H2,1H3,(H,22,23)/b16-9+. The first-order valence-electron chi connectivity index (χ1n) is 8.87. The van der Waals surface area contributed by atoms with Gasteiger partial charge in [0, 0.05) is 24.2 Å². The van der Waals surface area contributed by atoms with Crippen molar-refractivity contribution in [1.82, 2.24) is 4.90 Å². The molecule has 1 saturated carbocycles. The molecule has 3 aliphatic rings. The summed E-state index contributed by atoms with van der Waals surface area (Å²) in [7, 11) is 0. The lowest BCUT2D eigenvalue weighted by Gasteiger charge is -2.25. The molecule has 0 bridgehead atoms. The first kappa shape index (κ1) is 17.5. The van der Waals surface area contributed by atoms with Crippen molar-refractivity contribution in [2.45, 2.75) is 38.1 Å². The molecule has 2 fully saturated rings. The highest BCUT2D eigenvalue weighted by molar-refractivity contribution is 8.26. The average molecular weight is 389 g/mol. The van der Waals surface area contributed by atoms with Crippen molar-refractivity contribution in [2.75, 3.05) is 18.0 Å². The fraction of sp³-hybridized carbons (Fsp3) is 0.421. The van der Waals surface area contributed by atoms with Crippen LogP contribution in [0.1, 0.15) is 43.2 Å². The number of carboxylic acid groups (broad SMARTS) is 1. The molecular formula is C19H20N2O3S2. The predicted molar refractivity (Wildman–Crippen MR) is 107 cm³/mol. The van der Waals surface area contributed by atoms with Gasteiger partial charge in [0.25, 0.3) is 5.91 Å². The van der Waals surface area contributed by atoms with E-state index in [4.69, 9.17) is 17.3 Å². The Morgan fingerprint density at radius 3 is 2.96 bits per heavy atom. The number of likely N-dealkylation sites (N-methyl/N-ethyl adjacent to an activating group) is 1. The van der Waals surface area contributed by atoms with E-state index in [0.717, 1.165) is 17.0 Å². The minimum absolute atomic E-state index is 0.304. The molecule has 2 aliphatic heterocycles. The number of benzene rings is 1. The first-order chi connectivity index (χ1) is 12.5. The SMILES string of the molecule is CCN1c2ccc(/C=C3/SC(=S)N(CC(=O)O)C3=O)cc2C2CCCC21. The van der Waals surface area contributed by atoms with Crippen LogP contribution in [0.4, 0.5) is 5.69 Å². The van der Waals surface area contributed by atoms with E-state index in [1.807, 2.05) is 12.1 Å². The minimum atomic E-state index is -1.06. The number of carboxylic acids is 1. The zero-order chi connectivity index (χ0) is 18.4. The number of nitrogens with zero attached hydrogens (tertiary/aromatic N) is 2. The van der Waals surface area contributed by atoms with Gasteiger partial charge in [0.05, 0.1) is 4.91 Å². The quantitative estimate of drug-likeness (QED) is 0.630. The number of thiocarbonyl (C=S) groups is 1. The first-order valence-corrected chi connectivity index (χ1v) is 10.1. The molecule has 4 rings (SSSR count). The van der Waals surface area contributed by atoms with E-state index in [-0.39, 0.29) is 12.5 Å². The number of anilines is 1. The van der Waals surface area contributed by atoms with Gasteiger partial charge in [-0.1, -0.05) is 36.5 Å². The van der Waals surface area contributed by atoms with Crippen LogP contribution in [0, 0.1) is 0 Å². The third kappa shape index (κ3) is 2.83. The maximum atomic E-state index is 12.4. The summed E-state index contributed by atoms with van der Waals surface area (Å²) in [4.78, 5) is 27.5. The Morgan fingerprint density at radius 1 is 1.42 bits per heavy atom. The second-order valence-electron chi connectivity index (χ2n) is 6.87. The lowest BCUT2D eigenvalue weighted by Crippen LogP contribution is -2.33. The molecule has 136 valence electrons. The van der Waals surface area contributed by atoms with Crippen molar-refractivity contribution < 1.29 is 14.7 Å². The van der Waals surface area contributed by atoms with Crippen LogP contribution in [0.3, 0.4) is 0 Å². The normalized spacial score (nSPS) is 26.0. The molecule has 1 aromatic carbocycles. The fourth-order valence-electron chi connectivity index (χ4n) is 4.40. The summed E-state index contributed by atoms with van der Waals surface area (Å²) in [5, 5.41) is 8.94. The molecule has 0 aromatic heterocycles. The average Bonchev–Trinajstić information content (AvgIpc) is 3.25. The van der Waals surface area contributed by atoms with E-state index in [2.05, 4.69) is 24.0 Å². The van der Waals surface area contributed by atoms with Crippen molar-refractivity contribution in [3.05, 3.63) is 34.2 Å². The number of fused-ring (bicyclic) bond motifs is 3. The van der Waals surface area contributed by atoms with Crippen LogP contribution < -0.4 is 4.90 Å². The topological polar surface area (TPSA) is 60.9 Å². The fourth-order valence-corrected chi connectivity index (χ4v) is 5.66. The van der Waals surface area contributed by atoms with Crippen LogP contribution >= 0.6 is 24.0 Å². The van der Waals surface area contributed by atoms with Crippen LogP contribution in [-0.4, -0.2) is 45.3 Å². The second kappa shape index (κ2) is 6.70. The Hall–Kier alpha value is -1.86. The molecule has 2 atom stereocenters. The Balaban J connectivity index is 1.64. The van der Waals surface area contributed by atoms with Gasteiger partial charge in [0.1, 0.15) is 10.9 Å². The van der Waals surface area contributed by atoms with E-state index >= 15 is 0 Å². The summed E-state index contributed by atoms with van der Waals surface area (Å²) in [6.45, 7) is 2.83. The van der Waals surface area contributed by atoms with Crippen LogP contribution in [0.2, 0.25) is 0 Å². The monoisotopic (exact) mass is 388 g/mol. The van der Waals surface area contributed by atoms with E-state index in [0.29, 0.717) is 21.2 Å². The maximum absolute atomic E-state index is 12.4. The summed E-state index contributed by atoms with van der Waals surface area (Å²) in [5.74, 6) is -0.802. The maximum Gasteiger partial charge on any atom is 0.323 e. The zero-order valence-corrected chi connectivity index (χ0v) is 16.1. The number of carbonyl (C=O) groups is 2. The number of amides is 1.